The molecule has 182 valence electrons. The molecule has 0 aromatic carbocycles. The predicted molar refractivity (Wildman–Crippen MR) is 125 cm³/mol. The van der Waals surface area contributed by atoms with Crippen LogP contribution >= 0.6 is 0 Å². The van der Waals surface area contributed by atoms with E-state index in [-0.39, 0.29) is 23.3 Å². The summed E-state index contributed by atoms with van der Waals surface area (Å²) < 4.78 is 15.3. The summed E-state index contributed by atoms with van der Waals surface area (Å²) in [6, 6.07) is 0. The summed E-state index contributed by atoms with van der Waals surface area (Å²) in [5, 5.41) is 0. The van der Waals surface area contributed by atoms with E-state index >= 15 is 0 Å². The van der Waals surface area contributed by atoms with E-state index in [4.69, 9.17) is 14.2 Å². The third-order valence-corrected chi connectivity index (χ3v) is 4.98. The van der Waals surface area contributed by atoms with Gasteiger partial charge in [-0.3, -0.25) is 9.59 Å². The van der Waals surface area contributed by atoms with Crippen LogP contribution in [0.3, 0.4) is 0 Å². The van der Waals surface area contributed by atoms with Gasteiger partial charge in [0.1, 0.15) is 0 Å². The Hall–Kier alpha value is -1.85. The normalized spacial score (nSPS) is 11.1. The summed E-state index contributed by atoms with van der Waals surface area (Å²) in [5.74, 6) is -0.644. The van der Waals surface area contributed by atoms with E-state index in [1.807, 2.05) is 34.6 Å². The molecule has 6 heteroatoms. The van der Waals surface area contributed by atoms with E-state index < -0.39 is 5.41 Å². The van der Waals surface area contributed by atoms with Crippen molar-refractivity contribution >= 4 is 17.9 Å². The second-order valence-electron chi connectivity index (χ2n) is 9.12. The Bertz CT molecular complexity index is 548. The zero-order valence-corrected chi connectivity index (χ0v) is 21.2. The van der Waals surface area contributed by atoms with Crippen molar-refractivity contribution in [3.05, 3.63) is 12.2 Å². The molecule has 0 rings (SSSR count). The first-order valence-electron chi connectivity index (χ1n) is 11.5. The zero-order valence-electron chi connectivity index (χ0n) is 21.2. The van der Waals surface area contributed by atoms with Crippen molar-refractivity contribution in [2.75, 3.05) is 19.8 Å². The summed E-state index contributed by atoms with van der Waals surface area (Å²) in [7, 11) is 0. The highest BCUT2D eigenvalue weighted by molar-refractivity contribution is 5.86. The Morgan fingerprint density at radius 2 is 1.13 bits per heavy atom. The molecule has 0 unspecified atom stereocenters. The highest BCUT2D eigenvalue weighted by atomic mass is 16.5. The van der Waals surface area contributed by atoms with Gasteiger partial charge in [0, 0.05) is 5.57 Å². The number of hydrogen-bond acceptors (Lipinski definition) is 6. The Kier molecular flexibility index (Phi) is 17.0. The second-order valence-corrected chi connectivity index (χ2v) is 9.12. The minimum absolute atomic E-state index is 0.0709. The molecule has 0 saturated heterocycles. The van der Waals surface area contributed by atoms with Crippen molar-refractivity contribution in [2.45, 2.75) is 100 Å². The third-order valence-electron chi connectivity index (χ3n) is 4.98. The number of hydrogen-bond donors (Lipinski definition) is 0. The molecule has 0 spiro atoms. The van der Waals surface area contributed by atoms with Gasteiger partial charge in [0.2, 0.25) is 0 Å². The molecule has 0 aliphatic heterocycles. The molecule has 0 aromatic rings. The van der Waals surface area contributed by atoms with Crippen LogP contribution in [0.25, 0.3) is 0 Å². The quantitative estimate of drug-likeness (QED) is 0.142. The van der Waals surface area contributed by atoms with Gasteiger partial charge in [-0.2, -0.15) is 0 Å². The largest absolute Gasteiger partial charge is 0.465 e. The fourth-order valence-electron chi connectivity index (χ4n) is 2.06. The first-order valence-corrected chi connectivity index (χ1v) is 11.5. The lowest BCUT2D eigenvalue weighted by atomic mass is 9.88. The Morgan fingerprint density at radius 1 is 0.710 bits per heavy atom. The first kappa shape index (κ1) is 31.3. The molecule has 0 aliphatic rings. The van der Waals surface area contributed by atoms with Crippen LogP contribution in [0.2, 0.25) is 0 Å². The Balaban J connectivity index is 0. The summed E-state index contributed by atoms with van der Waals surface area (Å²) >= 11 is 0. The Morgan fingerprint density at radius 3 is 1.52 bits per heavy atom. The number of unbranched alkanes of at least 4 members (excludes halogenated alkanes) is 2. The average Bonchev–Trinajstić information content (AvgIpc) is 2.71. The lowest BCUT2D eigenvalue weighted by Gasteiger charge is -2.22. The summed E-state index contributed by atoms with van der Waals surface area (Å²) in [6.45, 7) is 20.1. The molecule has 0 aliphatic carbocycles. The third kappa shape index (κ3) is 15.6. The molecule has 0 aromatic heterocycles. The van der Waals surface area contributed by atoms with Crippen LogP contribution in [0.5, 0.6) is 0 Å². The maximum atomic E-state index is 11.8. The molecular weight excluding hydrogens is 396 g/mol. The van der Waals surface area contributed by atoms with Gasteiger partial charge < -0.3 is 14.2 Å². The number of ether oxygens (including phenoxy) is 3. The van der Waals surface area contributed by atoms with Crippen LogP contribution in [0.15, 0.2) is 12.2 Å². The van der Waals surface area contributed by atoms with Gasteiger partial charge >= 0.3 is 17.9 Å². The van der Waals surface area contributed by atoms with Crippen LogP contribution in [-0.4, -0.2) is 37.7 Å². The molecule has 0 atom stereocenters. The fraction of sp³-hybridized carbons (Fsp3) is 0.800. The van der Waals surface area contributed by atoms with Gasteiger partial charge in [0.05, 0.1) is 30.7 Å². The van der Waals surface area contributed by atoms with Gasteiger partial charge in [-0.05, 0) is 66.7 Å². The molecule has 0 fully saturated rings. The van der Waals surface area contributed by atoms with E-state index in [0.29, 0.717) is 38.2 Å². The molecule has 0 bridgehead atoms. The fourth-order valence-corrected chi connectivity index (χ4v) is 2.06. The highest BCUT2D eigenvalue weighted by Gasteiger charge is 2.29. The smallest absolute Gasteiger partial charge is 0.333 e. The van der Waals surface area contributed by atoms with Gasteiger partial charge in [0.15, 0.2) is 0 Å². The predicted octanol–water partition coefficient (Wildman–Crippen LogP) is 6.02. The maximum Gasteiger partial charge on any atom is 0.333 e. The molecular formula is C25H46O6. The summed E-state index contributed by atoms with van der Waals surface area (Å²) in [5.41, 5.74) is -0.463. The van der Waals surface area contributed by atoms with E-state index in [0.717, 1.165) is 32.1 Å². The van der Waals surface area contributed by atoms with Crippen molar-refractivity contribution in [1.82, 2.24) is 0 Å². The van der Waals surface area contributed by atoms with Crippen molar-refractivity contribution in [3.8, 4) is 0 Å². The van der Waals surface area contributed by atoms with Crippen LogP contribution < -0.4 is 0 Å². The van der Waals surface area contributed by atoms with E-state index in [9.17, 15) is 14.4 Å². The van der Waals surface area contributed by atoms with Crippen LogP contribution in [0, 0.1) is 10.8 Å². The number of carbonyl (C=O) groups is 3. The average molecular weight is 443 g/mol. The van der Waals surface area contributed by atoms with Gasteiger partial charge in [-0.25, -0.2) is 4.79 Å². The van der Waals surface area contributed by atoms with E-state index in [2.05, 4.69) is 20.4 Å². The topological polar surface area (TPSA) is 78.9 Å². The van der Waals surface area contributed by atoms with Crippen molar-refractivity contribution < 1.29 is 28.6 Å². The van der Waals surface area contributed by atoms with Crippen LogP contribution in [0.1, 0.15) is 100 Å². The number of esters is 3. The molecule has 6 nitrogen and oxygen atoms in total. The van der Waals surface area contributed by atoms with Gasteiger partial charge in [-0.15, -0.1) is 0 Å². The summed E-state index contributed by atoms with van der Waals surface area (Å²) in [4.78, 5) is 34.3. The van der Waals surface area contributed by atoms with Crippen LogP contribution in [0.4, 0.5) is 0 Å². The monoisotopic (exact) mass is 442 g/mol. The number of carbonyl (C=O) groups excluding carboxylic acids is 3. The maximum absolute atomic E-state index is 11.8. The molecule has 0 N–H and O–H groups in total. The SMILES string of the molecule is C=C(C)C(=O)OCCCC(C)(C)C(=O)OCCCC.CCCCOC(=O)C(C)(C)CC. The zero-order chi connectivity index (χ0) is 24.5. The molecule has 0 heterocycles. The first-order chi connectivity index (χ1) is 14.4. The molecule has 0 amide bonds. The lowest BCUT2D eigenvalue weighted by molar-refractivity contribution is -0.155. The van der Waals surface area contributed by atoms with Gasteiger partial charge in [0.25, 0.3) is 0 Å². The second kappa shape index (κ2) is 16.8. The van der Waals surface area contributed by atoms with E-state index in [1.165, 1.54) is 0 Å². The standard InChI is InChI=1S/C15H26O4.C10H20O2/c1-6-7-10-19-14(17)15(4,5)9-8-11-18-13(16)12(2)3;1-5-7-8-12-9(11)10(3,4)6-2/h2,6-11H2,1,3-5H3;5-8H2,1-4H3. The number of rotatable bonds is 14. The van der Waals surface area contributed by atoms with Crippen molar-refractivity contribution in [3.63, 3.8) is 0 Å². The molecule has 0 saturated carbocycles. The molecule has 0 radical (unpaired) electrons. The summed E-state index contributed by atoms with van der Waals surface area (Å²) in [6.07, 6.45) is 6.02. The van der Waals surface area contributed by atoms with E-state index in [1.54, 1.807) is 6.92 Å². The highest BCUT2D eigenvalue weighted by Crippen LogP contribution is 2.24. The Labute approximate surface area is 190 Å². The van der Waals surface area contributed by atoms with Crippen molar-refractivity contribution in [2.24, 2.45) is 10.8 Å². The lowest BCUT2D eigenvalue weighted by Crippen LogP contribution is -2.27. The van der Waals surface area contributed by atoms with Crippen LogP contribution in [-0.2, 0) is 28.6 Å². The van der Waals surface area contributed by atoms with Crippen molar-refractivity contribution in [1.29, 1.82) is 0 Å². The molecule has 31 heavy (non-hydrogen) atoms. The minimum atomic E-state index is -0.538. The van der Waals surface area contributed by atoms with Gasteiger partial charge in [-0.1, -0.05) is 40.2 Å². The minimum Gasteiger partial charge on any atom is -0.465 e.